The number of oxime groups is 1. The highest BCUT2D eigenvalue weighted by atomic mass is 35.5. The van der Waals surface area contributed by atoms with Crippen LogP contribution in [0.25, 0.3) is 0 Å². The fourth-order valence-electron chi connectivity index (χ4n) is 1.36. The lowest BCUT2D eigenvalue weighted by molar-refractivity contribution is 0.318. The Balaban J connectivity index is 2.21. The van der Waals surface area contributed by atoms with E-state index in [0.717, 1.165) is 0 Å². The molecule has 2 rings (SSSR count). The predicted octanol–water partition coefficient (Wildman–Crippen LogP) is 1.21. The van der Waals surface area contributed by atoms with E-state index in [4.69, 9.17) is 22.5 Å². The molecule has 0 saturated carbocycles. The maximum Gasteiger partial charge on any atom is 0.219 e. The topological polar surface area (TPSA) is 89.3 Å². The van der Waals surface area contributed by atoms with E-state index in [1.165, 1.54) is 17.1 Å². The van der Waals surface area contributed by atoms with E-state index in [1.807, 2.05) is 0 Å². The third kappa shape index (κ3) is 2.57. The number of amidine groups is 1. The van der Waals surface area contributed by atoms with Crippen molar-refractivity contribution in [2.75, 3.05) is 0 Å². The molecule has 6 nitrogen and oxygen atoms in total. The number of hydrogen-bond acceptors (Lipinski definition) is 4. The Bertz CT molecular complexity index is 598. The van der Waals surface area contributed by atoms with Crippen LogP contribution in [0.5, 0.6) is 0 Å². The van der Waals surface area contributed by atoms with E-state index in [0.29, 0.717) is 10.6 Å². The molecule has 0 bridgehead atoms. The minimum Gasteiger partial charge on any atom is -0.409 e. The van der Waals surface area contributed by atoms with Gasteiger partial charge in [-0.3, -0.25) is 0 Å². The van der Waals surface area contributed by atoms with E-state index in [1.54, 1.807) is 12.1 Å². The molecule has 0 aliphatic heterocycles. The molecule has 0 unspecified atom stereocenters. The summed E-state index contributed by atoms with van der Waals surface area (Å²) in [4.78, 5) is 3.82. The molecule has 0 atom stereocenters. The van der Waals surface area contributed by atoms with Gasteiger partial charge in [0, 0.05) is 10.6 Å². The molecular formula is C10H9ClFN5O. The number of benzene rings is 1. The molecule has 0 amide bonds. The number of nitrogens with zero attached hydrogens (tertiary/aromatic N) is 4. The fraction of sp³-hybridized carbons (Fsp3) is 0.100. The molecule has 3 N–H and O–H groups in total. The molecule has 2 aromatic rings. The van der Waals surface area contributed by atoms with Crippen molar-refractivity contribution in [2.45, 2.75) is 6.54 Å². The van der Waals surface area contributed by atoms with Crippen LogP contribution in [0.2, 0.25) is 5.02 Å². The van der Waals surface area contributed by atoms with Gasteiger partial charge in [0.15, 0.2) is 0 Å². The molecule has 0 spiro atoms. The summed E-state index contributed by atoms with van der Waals surface area (Å²) in [6.07, 6.45) is 1.36. The number of hydrogen-bond donors (Lipinski definition) is 2. The molecule has 1 aromatic carbocycles. The summed E-state index contributed by atoms with van der Waals surface area (Å²) in [6, 6.07) is 4.36. The number of nitrogens with two attached hydrogens (primary N) is 1. The zero-order chi connectivity index (χ0) is 13.1. The van der Waals surface area contributed by atoms with Gasteiger partial charge in [-0.15, -0.1) is 5.10 Å². The van der Waals surface area contributed by atoms with Crippen molar-refractivity contribution in [3.05, 3.63) is 46.8 Å². The van der Waals surface area contributed by atoms with E-state index < -0.39 is 5.82 Å². The van der Waals surface area contributed by atoms with Crippen LogP contribution < -0.4 is 5.73 Å². The Labute approximate surface area is 106 Å². The van der Waals surface area contributed by atoms with Crippen LogP contribution >= 0.6 is 11.6 Å². The van der Waals surface area contributed by atoms with Crippen LogP contribution in [0.3, 0.4) is 0 Å². The standard InChI is InChI=1S/C10H9ClFN5O/c11-7-2-1-6(8(12)3-7)4-17-5-14-10(15-17)9(13)16-18/h1-3,5,18H,4H2,(H2,13,16). The van der Waals surface area contributed by atoms with Crippen LogP contribution in [-0.2, 0) is 6.54 Å². The Morgan fingerprint density at radius 3 is 3.00 bits per heavy atom. The van der Waals surface area contributed by atoms with Gasteiger partial charge < -0.3 is 10.9 Å². The second-order valence-corrected chi connectivity index (χ2v) is 3.92. The molecule has 0 aliphatic rings. The van der Waals surface area contributed by atoms with Crippen molar-refractivity contribution < 1.29 is 9.60 Å². The molecule has 1 aromatic heterocycles. The molecule has 1 heterocycles. The van der Waals surface area contributed by atoms with Gasteiger partial charge in [-0.25, -0.2) is 14.1 Å². The van der Waals surface area contributed by atoms with Crippen molar-refractivity contribution in [3.63, 3.8) is 0 Å². The van der Waals surface area contributed by atoms with E-state index in [9.17, 15) is 4.39 Å². The molecule has 0 aliphatic carbocycles. The molecular weight excluding hydrogens is 261 g/mol. The van der Waals surface area contributed by atoms with E-state index in [2.05, 4.69) is 15.2 Å². The highest BCUT2D eigenvalue weighted by Gasteiger charge is 2.08. The monoisotopic (exact) mass is 269 g/mol. The van der Waals surface area contributed by atoms with Crippen molar-refractivity contribution in [1.29, 1.82) is 0 Å². The lowest BCUT2D eigenvalue weighted by atomic mass is 10.2. The van der Waals surface area contributed by atoms with Gasteiger partial charge in [0.2, 0.25) is 11.7 Å². The first-order chi connectivity index (χ1) is 8.60. The average Bonchev–Trinajstić information content (AvgIpc) is 2.80. The van der Waals surface area contributed by atoms with Gasteiger partial charge in [-0.05, 0) is 12.1 Å². The quantitative estimate of drug-likeness (QED) is 0.379. The second-order valence-electron chi connectivity index (χ2n) is 3.49. The number of halogens is 2. The minimum atomic E-state index is -0.427. The van der Waals surface area contributed by atoms with Crippen LogP contribution in [0, 0.1) is 5.82 Å². The van der Waals surface area contributed by atoms with Gasteiger partial charge in [-0.2, -0.15) is 0 Å². The van der Waals surface area contributed by atoms with Crippen molar-refractivity contribution >= 4 is 17.4 Å². The van der Waals surface area contributed by atoms with Crippen LogP contribution in [0.4, 0.5) is 4.39 Å². The summed E-state index contributed by atoms with van der Waals surface area (Å²) in [7, 11) is 0. The highest BCUT2D eigenvalue weighted by molar-refractivity contribution is 6.30. The zero-order valence-electron chi connectivity index (χ0n) is 9.09. The predicted molar refractivity (Wildman–Crippen MR) is 63.0 cm³/mol. The highest BCUT2D eigenvalue weighted by Crippen LogP contribution is 2.15. The van der Waals surface area contributed by atoms with Gasteiger partial charge in [-0.1, -0.05) is 22.8 Å². The zero-order valence-corrected chi connectivity index (χ0v) is 9.84. The molecule has 0 fully saturated rings. The summed E-state index contributed by atoms with van der Waals surface area (Å²) in [5.41, 5.74) is 5.73. The fourth-order valence-corrected chi connectivity index (χ4v) is 1.52. The molecule has 18 heavy (non-hydrogen) atoms. The molecule has 8 heteroatoms. The van der Waals surface area contributed by atoms with Crippen LogP contribution in [0.15, 0.2) is 29.7 Å². The summed E-state index contributed by atoms with van der Waals surface area (Å²) in [6.45, 7) is 0.175. The third-order valence-corrected chi connectivity index (χ3v) is 2.46. The normalized spacial score (nSPS) is 11.8. The Kier molecular flexibility index (Phi) is 3.42. The Hall–Kier alpha value is -2.15. The largest absolute Gasteiger partial charge is 0.409 e. The van der Waals surface area contributed by atoms with E-state index in [-0.39, 0.29) is 18.2 Å². The van der Waals surface area contributed by atoms with Crippen LogP contribution in [-0.4, -0.2) is 25.8 Å². The van der Waals surface area contributed by atoms with Gasteiger partial charge in [0.25, 0.3) is 0 Å². The summed E-state index contributed by atoms with van der Waals surface area (Å²) in [5, 5.41) is 15.5. The molecule has 94 valence electrons. The summed E-state index contributed by atoms with van der Waals surface area (Å²) in [5.74, 6) is -0.555. The average molecular weight is 270 g/mol. The molecule has 0 saturated heterocycles. The lowest BCUT2D eigenvalue weighted by Gasteiger charge is -2.03. The first-order valence-electron chi connectivity index (χ1n) is 4.91. The maximum atomic E-state index is 13.5. The smallest absolute Gasteiger partial charge is 0.219 e. The third-order valence-electron chi connectivity index (χ3n) is 2.22. The van der Waals surface area contributed by atoms with Gasteiger partial charge in [0.05, 0.1) is 6.54 Å². The van der Waals surface area contributed by atoms with Crippen molar-refractivity contribution in [3.8, 4) is 0 Å². The second kappa shape index (κ2) is 5.01. The minimum absolute atomic E-state index is 0.0758. The van der Waals surface area contributed by atoms with Gasteiger partial charge in [0.1, 0.15) is 12.1 Å². The lowest BCUT2D eigenvalue weighted by Crippen LogP contribution is -2.15. The SMILES string of the molecule is N/C(=N/O)c1ncn(Cc2ccc(Cl)cc2F)n1. The first kappa shape index (κ1) is 12.3. The van der Waals surface area contributed by atoms with Crippen LogP contribution in [0.1, 0.15) is 11.4 Å². The van der Waals surface area contributed by atoms with Crippen molar-refractivity contribution in [2.24, 2.45) is 10.9 Å². The molecule has 0 radical (unpaired) electrons. The summed E-state index contributed by atoms with van der Waals surface area (Å²) >= 11 is 5.65. The number of rotatable bonds is 3. The van der Waals surface area contributed by atoms with E-state index >= 15 is 0 Å². The first-order valence-corrected chi connectivity index (χ1v) is 5.29. The number of aromatic nitrogens is 3. The summed E-state index contributed by atoms with van der Waals surface area (Å²) < 4.78 is 14.9. The maximum absolute atomic E-state index is 13.5. The Morgan fingerprint density at radius 2 is 2.33 bits per heavy atom. The van der Waals surface area contributed by atoms with Crippen molar-refractivity contribution in [1.82, 2.24) is 14.8 Å². The van der Waals surface area contributed by atoms with Gasteiger partial charge >= 0.3 is 0 Å². The Morgan fingerprint density at radius 1 is 1.56 bits per heavy atom.